The van der Waals surface area contributed by atoms with E-state index in [-0.39, 0.29) is 5.91 Å². The number of carbonyl (C=O) groups is 2. The van der Waals surface area contributed by atoms with Gasteiger partial charge in [0, 0.05) is 5.75 Å². The van der Waals surface area contributed by atoms with Crippen LogP contribution in [0.3, 0.4) is 0 Å². The van der Waals surface area contributed by atoms with Crippen LogP contribution in [0.5, 0.6) is 5.75 Å². The molecule has 0 radical (unpaired) electrons. The Hall–Kier alpha value is -1.69. The molecule has 1 saturated heterocycles. The first-order valence-electron chi connectivity index (χ1n) is 5.80. The third kappa shape index (κ3) is 2.68. The van der Waals surface area contributed by atoms with Crippen LogP contribution >= 0.6 is 11.8 Å². The highest BCUT2D eigenvalue weighted by Gasteiger charge is 2.35. The Morgan fingerprint density at radius 1 is 1.47 bits per heavy atom. The van der Waals surface area contributed by atoms with Crippen LogP contribution in [0.25, 0.3) is 0 Å². The summed E-state index contributed by atoms with van der Waals surface area (Å²) in [6, 6.07) is 4.54. The highest BCUT2D eigenvalue weighted by molar-refractivity contribution is 7.99. The molecule has 1 amide bonds. The van der Waals surface area contributed by atoms with E-state index in [2.05, 4.69) is 0 Å². The highest BCUT2D eigenvalue weighted by Crippen LogP contribution is 2.27. The molecular formula is C13H15NO4S. The molecule has 1 atom stereocenters. The number of ether oxygens (including phenoxy) is 1. The molecule has 1 fully saturated rings. The van der Waals surface area contributed by atoms with Crippen LogP contribution < -0.4 is 4.74 Å². The number of aliphatic carboxylic acids is 1. The number of hydrogen-bond donors (Lipinski definition) is 1. The van der Waals surface area contributed by atoms with Crippen molar-refractivity contribution in [1.29, 1.82) is 0 Å². The van der Waals surface area contributed by atoms with Gasteiger partial charge in [0.15, 0.2) is 0 Å². The molecule has 1 aliphatic rings. The van der Waals surface area contributed by atoms with E-state index in [1.165, 1.54) is 23.8 Å². The van der Waals surface area contributed by atoms with Crippen LogP contribution in [0.2, 0.25) is 0 Å². The number of carboxylic acid groups (broad SMARTS) is 1. The lowest BCUT2D eigenvalue weighted by Crippen LogP contribution is -2.41. The second-order valence-electron chi connectivity index (χ2n) is 4.33. The summed E-state index contributed by atoms with van der Waals surface area (Å²) < 4.78 is 5.18. The molecule has 1 N–H and O–H groups in total. The first-order valence-corrected chi connectivity index (χ1v) is 6.96. The quantitative estimate of drug-likeness (QED) is 0.911. The number of thioether (sulfide) groups is 1. The molecule has 1 aliphatic heterocycles. The van der Waals surface area contributed by atoms with Gasteiger partial charge >= 0.3 is 5.97 Å². The average Bonchev–Trinajstić information content (AvgIpc) is 2.87. The van der Waals surface area contributed by atoms with Crippen molar-refractivity contribution < 1.29 is 19.4 Å². The van der Waals surface area contributed by atoms with Crippen molar-refractivity contribution in [2.45, 2.75) is 13.0 Å². The monoisotopic (exact) mass is 281 g/mol. The second-order valence-corrected chi connectivity index (χ2v) is 5.33. The Morgan fingerprint density at radius 3 is 2.84 bits per heavy atom. The van der Waals surface area contributed by atoms with E-state index in [1.54, 1.807) is 12.1 Å². The van der Waals surface area contributed by atoms with Gasteiger partial charge in [-0.15, -0.1) is 11.8 Å². The number of benzene rings is 1. The van der Waals surface area contributed by atoms with E-state index in [9.17, 15) is 9.59 Å². The van der Waals surface area contributed by atoms with E-state index >= 15 is 0 Å². The molecule has 0 spiro atoms. The van der Waals surface area contributed by atoms with E-state index in [0.717, 1.165) is 5.56 Å². The number of rotatable bonds is 3. The largest absolute Gasteiger partial charge is 0.496 e. The minimum Gasteiger partial charge on any atom is -0.496 e. The molecule has 2 rings (SSSR count). The zero-order valence-electron chi connectivity index (χ0n) is 10.8. The number of aryl methyl sites for hydroxylation is 1. The Balaban J connectivity index is 2.33. The maximum atomic E-state index is 12.5. The van der Waals surface area contributed by atoms with Gasteiger partial charge in [0.2, 0.25) is 0 Å². The maximum absolute atomic E-state index is 12.5. The summed E-state index contributed by atoms with van der Waals surface area (Å²) in [6.45, 7) is 1.88. The molecule has 0 saturated carbocycles. The molecule has 0 aliphatic carbocycles. The molecule has 6 heteroatoms. The van der Waals surface area contributed by atoms with Crippen molar-refractivity contribution in [2.24, 2.45) is 0 Å². The molecule has 1 aromatic carbocycles. The van der Waals surface area contributed by atoms with Gasteiger partial charge in [-0.05, 0) is 19.1 Å². The van der Waals surface area contributed by atoms with Crippen LogP contribution in [0.4, 0.5) is 0 Å². The summed E-state index contributed by atoms with van der Waals surface area (Å²) in [5, 5.41) is 9.12. The Kier molecular flexibility index (Phi) is 3.99. The fraction of sp³-hybridized carbons (Fsp3) is 0.385. The standard InChI is InChI=1S/C13H15NO4S/c1-8-3-4-11(18-2)9(5-8)12(15)14-7-19-6-10(14)13(16)17/h3-5,10H,6-7H2,1-2H3,(H,16,17)/t10-/m0/s1. The first kappa shape index (κ1) is 13.7. The number of methoxy groups -OCH3 is 1. The van der Waals surface area contributed by atoms with Crippen molar-refractivity contribution >= 4 is 23.6 Å². The van der Waals surface area contributed by atoms with Gasteiger partial charge in [0.05, 0.1) is 18.6 Å². The van der Waals surface area contributed by atoms with Crippen molar-refractivity contribution in [1.82, 2.24) is 4.90 Å². The maximum Gasteiger partial charge on any atom is 0.327 e. The summed E-state index contributed by atoms with van der Waals surface area (Å²) in [5.74, 6) is 0.0295. The summed E-state index contributed by atoms with van der Waals surface area (Å²) in [7, 11) is 1.49. The lowest BCUT2D eigenvalue weighted by atomic mass is 10.1. The van der Waals surface area contributed by atoms with Gasteiger partial charge in [0.25, 0.3) is 5.91 Å². The first-order chi connectivity index (χ1) is 9.04. The smallest absolute Gasteiger partial charge is 0.327 e. The van der Waals surface area contributed by atoms with E-state index in [1.807, 2.05) is 13.0 Å². The molecule has 1 aromatic rings. The number of amides is 1. The molecule has 1 heterocycles. The molecule has 19 heavy (non-hydrogen) atoms. The van der Waals surface area contributed by atoms with Crippen molar-refractivity contribution in [3.8, 4) is 5.75 Å². The fourth-order valence-corrected chi connectivity index (χ4v) is 3.14. The minimum atomic E-state index is -0.968. The molecule has 0 bridgehead atoms. The van der Waals surface area contributed by atoms with Crippen molar-refractivity contribution in [2.75, 3.05) is 18.7 Å². The number of carboxylic acids is 1. The zero-order valence-corrected chi connectivity index (χ0v) is 11.6. The average molecular weight is 281 g/mol. The van der Waals surface area contributed by atoms with Gasteiger partial charge in [0.1, 0.15) is 11.8 Å². The third-order valence-corrected chi connectivity index (χ3v) is 4.03. The van der Waals surface area contributed by atoms with Crippen LogP contribution in [-0.4, -0.2) is 46.7 Å². The number of carbonyl (C=O) groups excluding carboxylic acids is 1. The lowest BCUT2D eigenvalue weighted by Gasteiger charge is -2.21. The van der Waals surface area contributed by atoms with Gasteiger partial charge in [-0.1, -0.05) is 11.6 Å². The fourth-order valence-electron chi connectivity index (χ4n) is 1.99. The topological polar surface area (TPSA) is 66.8 Å². The summed E-state index contributed by atoms with van der Waals surface area (Å²) in [6.07, 6.45) is 0. The van der Waals surface area contributed by atoms with Crippen molar-refractivity contribution in [3.05, 3.63) is 29.3 Å². The molecular weight excluding hydrogens is 266 g/mol. The van der Waals surface area contributed by atoms with Crippen LogP contribution in [0, 0.1) is 6.92 Å². The lowest BCUT2D eigenvalue weighted by molar-refractivity contribution is -0.140. The Labute approximate surface area is 115 Å². The summed E-state index contributed by atoms with van der Waals surface area (Å²) in [4.78, 5) is 25.0. The van der Waals surface area contributed by atoms with E-state index in [0.29, 0.717) is 22.9 Å². The molecule has 0 aromatic heterocycles. The molecule has 102 valence electrons. The third-order valence-electron chi connectivity index (χ3n) is 3.01. The second kappa shape index (κ2) is 5.52. The summed E-state index contributed by atoms with van der Waals surface area (Å²) >= 11 is 1.44. The minimum absolute atomic E-state index is 0.294. The van der Waals surface area contributed by atoms with Gasteiger partial charge in [-0.3, -0.25) is 4.79 Å². The normalized spacial score (nSPS) is 18.4. The van der Waals surface area contributed by atoms with Crippen LogP contribution in [-0.2, 0) is 4.79 Å². The zero-order chi connectivity index (χ0) is 14.0. The van der Waals surface area contributed by atoms with E-state index in [4.69, 9.17) is 9.84 Å². The molecule has 0 unspecified atom stereocenters. The number of nitrogens with zero attached hydrogens (tertiary/aromatic N) is 1. The van der Waals surface area contributed by atoms with Crippen LogP contribution in [0.15, 0.2) is 18.2 Å². The van der Waals surface area contributed by atoms with Crippen LogP contribution in [0.1, 0.15) is 15.9 Å². The van der Waals surface area contributed by atoms with Gasteiger partial charge < -0.3 is 14.7 Å². The van der Waals surface area contributed by atoms with Gasteiger partial charge in [-0.25, -0.2) is 4.79 Å². The molecule has 5 nitrogen and oxygen atoms in total. The predicted octanol–water partition coefficient (Wildman–Crippen LogP) is 1.60. The predicted molar refractivity (Wildman–Crippen MR) is 72.6 cm³/mol. The Bertz CT molecular complexity index is 517. The highest BCUT2D eigenvalue weighted by atomic mass is 32.2. The SMILES string of the molecule is COc1ccc(C)cc1C(=O)N1CSC[C@H]1C(=O)O. The summed E-state index contributed by atoms with van der Waals surface area (Å²) in [5.41, 5.74) is 1.35. The number of hydrogen-bond acceptors (Lipinski definition) is 4. The van der Waals surface area contributed by atoms with E-state index < -0.39 is 12.0 Å². The van der Waals surface area contributed by atoms with Gasteiger partial charge in [-0.2, -0.15) is 0 Å². The van der Waals surface area contributed by atoms with Crippen molar-refractivity contribution in [3.63, 3.8) is 0 Å². The Morgan fingerprint density at radius 2 is 2.21 bits per heavy atom.